The number of rotatable bonds is 8. The van der Waals surface area contributed by atoms with Gasteiger partial charge in [0.05, 0.1) is 13.2 Å². The zero-order valence-corrected chi connectivity index (χ0v) is 14.4. The molecule has 0 radical (unpaired) electrons. The number of hydrogen-bond donors (Lipinski definition) is 2. The number of benzene rings is 1. The van der Waals surface area contributed by atoms with Gasteiger partial charge < -0.3 is 19.5 Å². The molecule has 0 unspecified atom stereocenters. The zero-order valence-electron chi connectivity index (χ0n) is 13.5. The highest BCUT2D eigenvalue weighted by Crippen LogP contribution is 2.17. The van der Waals surface area contributed by atoms with E-state index < -0.39 is 11.9 Å². The Morgan fingerprint density at radius 3 is 2.75 bits per heavy atom. The van der Waals surface area contributed by atoms with E-state index in [0.29, 0.717) is 24.7 Å². The van der Waals surface area contributed by atoms with Crippen LogP contribution in [0, 0.1) is 0 Å². The Morgan fingerprint density at radius 1 is 1.25 bits per heavy atom. The minimum Gasteiger partial charge on any atom is -0.491 e. The molecule has 0 fully saturated rings. The number of ether oxygens (including phenoxy) is 3. The fourth-order valence-electron chi connectivity index (χ4n) is 1.56. The van der Waals surface area contributed by atoms with Gasteiger partial charge in [0.15, 0.2) is 5.11 Å². The Morgan fingerprint density at radius 2 is 2.04 bits per heavy atom. The van der Waals surface area contributed by atoms with Crippen molar-refractivity contribution in [1.82, 2.24) is 5.32 Å². The van der Waals surface area contributed by atoms with Gasteiger partial charge in [0.2, 0.25) is 5.91 Å². The Balaban J connectivity index is 2.48. The molecule has 1 rings (SSSR count). The summed E-state index contributed by atoms with van der Waals surface area (Å²) in [5.41, 5.74) is 0.657. The molecule has 0 bridgehead atoms. The number of esters is 1. The number of methoxy groups -OCH3 is 1. The average Bonchev–Trinajstić information content (AvgIpc) is 2.54. The Kier molecular flexibility index (Phi) is 9.10. The minimum atomic E-state index is -0.590. The fourth-order valence-corrected chi connectivity index (χ4v) is 1.77. The molecule has 1 aromatic rings. The maximum absolute atomic E-state index is 11.6. The van der Waals surface area contributed by atoms with E-state index in [1.165, 1.54) is 0 Å². The lowest BCUT2D eigenvalue weighted by atomic mass is 10.3. The molecular weight excluding hydrogens is 332 g/mol. The van der Waals surface area contributed by atoms with Crippen LogP contribution >= 0.6 is 12.2 Å². The van der Waals surface area contributed by atoms with Crippen molar-refractivity contribution in [3.63, 3.8) is 0 Å². The number of thiocarbonyl (C=S) groups is 1. The third-order valence-corrected chi connectivity index (χ3v) is 2.75. The topological polar surface area (TPSA) is 85.9 Å². The highest BCUT2D eigenvalue weighted by atomic mass is 32.1. The lowest BCUT2D eigenvalue weighted by molar-refractivity contribution is -0.137. The summed E-state index contributed by atoms with van der Waals surface area (Å²) in [5, 5.41) is 5.38. The molecule has 1 aromatic carbocycles. The van der Waals surface area contributed by atoms with E-state index in [0.717, 1.165) is 12.2 Å². The molecule has 0 heterocycles. The highest BCUT2D eigenvalue weighted by Gasteiger charge is 2.04. The molecule has 8 heteroatoms. The molecule has 0 atom stereocenters. The van der Waals surface area contributed by atoms with Crippen LogP contribution in [0.1, 0.15) is 6.92 Å². The second kappa shape index (κ2) is 11.1. The Bertz CT molecular complexity index is 604. The number of carbonyl (C=O) groups is 2. The van der Waals surface area contributed by atoms with Crippen LogP contribution in [0.3, 0.4) is 0 Å². The second-order valence-electron chi connectivity index (χ2n) is 4.40. The molecule has 0 saturated heterocycles. The van der Waals surface area contributed by atoms with E-state index in [1.54, 1.807) is 38.3 Å². The summed E-state index contributed by atoms with van der Waals surface area (Å²) in [7, 11) is 1.60. The molecule has 1 amide bonds. The first-order valence-corrected chi connectivity index (χ1v) is 7.64. The molecule has 2 N–H and O–H groups in total. The molecule has 130 valence electrons. The molecule has 0 aromatic heterocycles. The van der Waals surface area contributed by atoms with Crippen molar-refractivity contribution in [2.45, 2.75) is 6.92 Å². The van der Waals surface area contributed by atoms with Crippen molar-refractivity contribution in [1.29, 1.82) is 0 Å². The summed E-state index contributed by atoms with van der Waals surface area (Å²) in [4.78, 5) is 22.7. The second-order valence-corrected chi connectivity index (χ2v) is 4.81. The minimum absolute atomic E-state index is 0.0996. The van der Waals surface area contributed by atoms with Crippen molar-refractivity contribution in [2.24, 2.45) is 0 Å². The average molecular weight is 352 g/mol. The van der Waals surface area contributed by atoms with Crippen LogP contribution in [0.5, 0.6) is 5.75 Å². The highest BCUT2D eigenvalue weighted by molar-refractivity contribution is 7.80. The first-order valence-electron chi connectivity index (χ1n) is 7.23. The van der Waals surface area contributed by atoms with Gasteiger partial charge in [-0.2, -0.15) is 0 Å². The van der Waals surface area contributed by atoms with Crippen LogP contribution in [-0.2, 0) is 19.1 Å². The quantitative estimate of drug-likeness (QED) is 0.318. The lowest BCUT2D eigenvalue weighted by Crippen LogP contribution is -2.33. The van der Waals surface area contributed by atoms with Crippen molar-refractivity contribution in [2.75, 3.05) is 32.2 Å². The molecule has 0 saturated carbocycles. The van der Waals surface area contributed by atoms with Gasteiger partial charge in [0, 0.05) is 31.0 Å². The van der Waals surface area contributed by atoms with Gasteiger partial charge in [-0.05, 0) is 31.3 Å². The first kappa shape index (κ1) is 19.6. The summed E-state index contributed by atoms with van der Waals surface area (Å²) in [5.74, 6) is -0.478. The number of hydrogen-bond acceptors (Lipinski definition) is 6. The van der Waals surface area contributed by atoms with Crippen LogP contribution in [0.25, 0.3) is 0 Å². The van der Waals surface area contributed by atoms with E-state index in [2.05, 4.69) is 15.4 Å². The zero-order chi connectivity index (χ0) is 17.8. The number of carbonyl (C=O) groups excluding carboxylic acids is 2. The number of anilines is 1. The summed E-state index contributed by atoms with van der Waals surface area (Å²) < 4.78 is 15.1. The van der Waals surface area contributed by atoms with E-state index in [1.807, 2.05) is 0 Å². The summed E-state index contributed by atoms with van der Waals surface area (Å²) >= 11 is 5.04. The predicted octanol–water partition coefficient (Wildman–Crippen LogP) is 1.64. The van der Waals surface area contributed by atoms with Crippen molar-refractivity contribution in [3.05, 3.63) is 36.4 Å². The van der Waals surface area contributed by atoms with Crippen LogP contribution in [0.2, 0.25) is 0 Å². The molecular formula is C16H20N2O5S. The van der Waals surface area contributed by atoms with Gasteiger partial charge in [-0.3, -0.25) is 10.1 Å². The summed E-state index contributed by atoms with van der Waals surface area (Å²) in [6.07, 6.45) is 2.09. The molecule has 0 aliphatic rings. The van der Waals surface area contributed by atoms with Gasteiger partial charge in [-0.15, -0.1) is 0 Å². The fraction of sp³-hybridized carbons (Fsp3) is 0.312. The van der Waals surface area contributed by atoms with Gasteiger partial charge in [-0.25, -0.2) is 4.79 Å². The third-order valence-electron chi connectivity index (χ3n) is 2.54. The predicted molar refractivity (Wildman–Crippen MR) is 93.9 cm³/mol. The van der Waals surface area contributed by atoms with Crippen molar-refractivity contribution < 1.29 is 23.8 Å². The van der Waals surface area contributed by atoms with E-state index >= 15 is 0 Å². The van der Waals surface area contributed by atoms with Crippen LogP contribution in [-0.4, -0.2) is 43.9 Å². The largest absolute Gasteiger partial charge is 0.491 e. The van der Waals surface area contributed by atoms with Gasteiger partial charge >= 0.3 is 5.97 Å². The number of amides is 1. The SMILES string of the molecule is CCOC(=O)/C=C/C(=O)NC(=S)Nc1cccc(OCCOC)c1. The molecule has 7 nitrogen and oxygen atoms in total. The maximum Gasteiger partial charge on any atom is 0.330 e. The van der Waals surface area contributed by atoms with E-state index in [4.69, 9.17) is 21.7 Å². The Labute approximate surface area is 146 Å². The first-order chi connectivity index (χ1) is 11.5. The van der Waals surface area contributed by atoms with E-state index in [9.17, 15) is 9.59 Å². The van der Waals surface area contributed by atoms with E-state index in [-0.39, 0.29) is 11.7 Å². The van der Waals surface area contributed by atoms with Crippen LogP contribution < -0.4 is 15.4 Å². The molecule has 0 spiro atoms. The third kappa shape index (κ3) is 8.25. The monoisotopic (exact) mass is 352 g/mol. The normalized spacial score (nSPS) is 10.2. The van der Waals surface area contributed by atoms with Crippen LogP contribution in [0.15, 0.2) is 36.4 Å². The van der Waals surface area contributed by atoms with Crippen molar-refractivity contribution in [3.8, 4) is 5.75 Å². The molecule has 24 heavy (non-hydrogen) atoms. The number of nitrogens with one attached hydrogen (secondary N) is 2. The summed E-state index contributed by atoms with van der Waals surface area (Å²) in [6, 6.07) is 7.10. The standard InChI is InChI=1S/C16H20N2O5S/c1-3-22-15(20)8-7-14(19)18-16(24)17-12-5-4-6-13(11-12)23-10-9-21-2/h4-8,11H,3,9-10H2,1-2H3,(H2,17,18,19,24)/b8-7+. The van der Waals surface area contributed by atoms with Crippen molar-refractivity contribution >= 4 is 34.9 Å². The van der Waals surface area contributed by atoms with Gasteiger partial charge in [-0.1, -0.05) is 6.07 Å². The van der Waals surface area contributed by atoms with Gasteiger partial charge in [0.25, 0.3) is 0 Å². The molecule has 0 aliphatic heterocycles. The van der Waals surface area contributed by atoms with Crippen LogP contribution in [0.4, 0.5) is 5.69 Å². The maximum atomic E-state index is 11.6. The Hall–Kier alpha value is -2.45. The smallest absolute Gasteiger partial charge is 0.330 e. The van der Waals surface area contributed by atoms with Gasteiger partial charge in [0.1, 0.15) is 12.4 Å². The summed E-state index contributed by atoms with van der Waals surface area (Å²) in [6.45, 7) is 2.84. The molecule has 0 aliphatic carbocycles. The lowest BCUT2D eigenvalue weighted by Gasteiger charge is -2.10.